The Labute approximate surface area is 236 Å². The van der Waals surface area contributed by atoms with Crippen LogP contribution in [0.25, 0.3) is 0 Å². The minimum atomic E-state index is -1.01. The van der Waals surface area contributed by atoms with Gasteiger partial charge in [0.05, 0.1) is 12.8 Å². The van der Waals surface area contributed by atoms with Crippen molar-refractivity contribution in [3.05, 3.63) is 32.9 Å². The lowest BCUT2D eigenvalue weighted by molar-refractivity contribution is -0.143. The fraction of sp³-hybridized carbons (Fsp3) is 0.808. The van der Waals surface area contributed by atoms with Crippen molar-refractivity contribution in [3.63, 3.8) is 0 Å². The summed E-state index contributed by atoms with van der Waals surface area (Å²) in [4.78, 5) is 36.3. The molecule has 2 atom stereocenters. The van der Waals surface area contributed by atoms with Gasteiger partial charge in [-0.2, -0.15) is 4.39 Å². The number of hydrogen-bond donors (Lipinski definition) is 1. The summed E-state index contributed by atoms with van der Waals surface area (Å²) in [6.07, 6.45) is 18.8. The minimum absolute atomic E-state index is 0.187. The number of H-pyrrole nitrogens is 1. The summed E-state index contributed by atoms with van der Waals surface area (Å²) in [7, 11) is 0. The highest BCUT2D eigenvalue weighted by molar-refractivity contribution is 14.1. The van der Waals surface area contributed by atoms with Gasteiger partial charge in [0.15, 0.2) is 0 Å². The third kappa shape index (κ3) is 16.8. The van der Waals surface area contributed by atoms with Crippen LogP contribution in [0.4, 0.5) is 4.39 Å². The summed E-state index contributed by atoms with van der Waals surface area (Å²) in [6, 6.07) is 0. The molecule has 0 saturated heterocycles. The Balaban J connectivity index is 1.94. The Morgan fingerprint density at radius 2 is 1.51 bits per heavy atom. The van der Waals surface area contributed by atoms with Crippen molar-refractivity contribution >= 4 is 51.2 Å². The van der Waals surface area contributed by atoms with E-state index in [0.717, 1.165) is 37.9 Å². The van der Waals surface area contributed by atoms with Gasteiger partial charge >= 0.3 is 11.7 Å². The van der Waals surface area contributed by atoms with E-state index in [4.69, 9.17) is 4.74 Å². The maximum Gasteiger partial charge on any atom is 0.328 e. The Hall–Kier alpha value is -0.460. The summed E-state index contributed by atoms with van der Waals surface area (Å²) < 4.78 is 21.2. The van der Waals surface area contributed by atoms with Crippen LogP contribution in [-0.4, -0.2) is 30.0 Å². The van der Waals surface area contributed by atoms with Crippen molar-refractivity contribution in [3.8, 4) is 0 Å². The van der Waals surface area contributed by atoms with Gasteiger partial charge in [0.2, 0.25) is 5.82 Å². The first kappa shape index (κ1) is 32.6. The summed E-state index contributed by atoms with van der Waals surface area (Å²) in [6.45, 7) is 2.81. The average molecular weight is 720 g/mol. The van der Waals surface area contributed by atoms with Crippen LogP contribution >= 0.6 is 45.2 Å². The van der Waals surface area contributed by atoms with Gasteiger partial charge in [-0.25, -0.2) is 4.79 Å². The zero-order chi connectivity index (χ0) is 25.9. The van der Waals surface area contributed by atoms with E-state index in [1.807, 2.05) is 4.98 Å². The van der Waals surface area contributed by atoms with Gasteiger partial charge in [0.25, 0.3) is 5.56 Å². The van der Waals surface area contributed by atoms with E-state index in [2.05, 4.69) is 52.1 Å². The zero-order valence-corrected chi connectivity index (χ0v) is 25.5. The molecule has 1 aromatic rings. The predicted octanol–water partition coefficient (Wildman–Crippen LogP) is 7.09. The number of alkyl halides is 2. The fourth-order valence-electron chi connectivity index (χ4n) is 3.92. The molecule has 0 saturated carbocycles. The maximum absolute atomic E-state index is 13.2. The van der Waals surface area contributed by atoms with Crippen LogP contribution in [-0.2, 0) is 16.1 Å². The van der Waals surface area contributed by atoms with Gasteiger partial charge in [-0.15, -0.1) is 0 Å². The molecule has 0 aromatic carbocycles. The number of rotatable bonds is 21. The molecule has 6 nitrogen and oxygen atoms in total. The third-order valence-corrected chi connectivity index (χ3v) is 8.57. The average Bonchev–Trinajstić information content (AvgIpc) is 2.81. The normalized spacial score (nSPS) is 13.0. The van der Waals surface area contributed by atoms with E-state index in [9.17, 15) is 18.8 Å². The second-order valence-corrected chi connectivity index (χ2v) is 12.8. The van der Waals surface area contributed by atoms with Gasteiger partial charge in [0, 0.05) is 20.8 Å². The highest BCUT2D eigenvalue weighted by Gasteiger charge is 2.08. The number of esters is 1. The van der Waals surface area contributed by atoms with E-state index in [1.165, 1.54) is 64.2 Å². The molecule has 2 unspecified atom stereocenters. The summed E-state index contributed by atoms with van der Waals surface area (Å²) in [5.74, 6) is -1.17. The van der Waals surface area contributed by atoms with Crippen LogP contribution in [0.15, 0.2) is 15.8 Å². The van der Waals surface area contributed by atoms with Crippen molar-refractivity contribution in [2.75, 3.05) is 6.61 Å². The Kier molecular flexibility index (Phi) is 19.2. The Morgan fingerprint density at radius 1 is 0.914 bits per heavy atom. The molecule has 0 spiro atoms. The van der Waals surface area contributed by atoms with Gasteiger partial charge < -0.3 is 4.74 Å². The summed E-state index contributed by atoms with van der Waals surface area (Å²) in [5, 5.41) is 0. The van der Waals surface area contributed by atoms with E-state index in [0.29, 0.717) is 19.3 Å². The Morgan fingerprint density at radius 3 is 2.20 bits per heavy atom. The van der Waals surface area contributed by atoms with Crippen molar-refractivity contribution in [2.24, 2.45) is 0 Å². The molecule has 0 amide bonds. The van der Waals surface area contributed by atoms with E-state index in [-0.39, 0.29) is 19.1 Å². The van der Waals surface area contributed by atoms with Crippen molar-refractivity contribution < 1.29 is 13.9 Å². The quantitative estimate of drug-likeness (QED) is 0.0637. The number of nitrogens with one attached hydrogen (secondary N) is 1. The number of aromatic amines is 1. The monoisotopic (exact) mass is 720 g/mol. The molecule has 1 N–H and O–H groups in total. The number of hydrogen-bond acceptors (Lipinski definition) is 4. The molecule has 0 fully saturated rings. The largest absolute Gasteiger partial charge is 0.466 e. The summed E-state index contributed by atoms with van der Waals surface area (Å²) >= 11 is 5.24. The maximum atomic E-state index is 13.2. The van der Waals surface area contributed by atoms with Gasteiger partial charge in [0.1, 0.15) is 0 Å². The van der Waals surface area contributed by atoms with Gasteiger partial charge in [-0.3, -0.25) is 19.1 Å². The van der Waals surface area contributed by atoms with Crippen LogP contribution < -0.4 is 11.2 Å². The number of nitrogens with zero attached hydrogens (tertiary/aromatic N) is 1. The molecule has 35 heavy (non-hydrogen) atoms. The molecule has 9 heteroatoms. The second-order valence-electron chi connectivity index (χ2n) is 9.28. The van der Waals surface area contributed by atoms with E-state index < -0.39 is 17.1 Å². The molecule has 1 rings (SSSR count). The number of unbranched alkanes of at least 4 members (excludes halogenated alkanes) is 7. The topological polar surface area (TPSA) is 81.2 Å². The molecule has 0 aliphatic heterocycles. The van der Waals surface area contributed by atoms with E-state index >= 15 is 0 Å². The number of halogens is 3. The van der Waals surface area contributed by atoms with Crippen LogP contribution in [0, 0.1) is 5.82 Å². The molecule has 0 aliphatic carbocycles. The predicted molar refractivity (Wildman–Crippen MR) is 157 cm³/mol. The first-order chi connectivity index (χ1) is 16.8. The van der Waals surface area contributed by atoms with Crippen LogP contribution in [0.2, 0.25) is 0 Å². The lowest BCUT2D eigenvalue weighted by Crippen LogP contribution is -2.31. The molecule has 1 heterocycles. The number of carbonyl (C=O) groups excluding carboxylic acids is 1. The zero-order valence-electron chi connectivity index (χ0n) is 21.2. The smallest absolute Gasteiger partial charge is 0.328 e. The van der Waals surface area contributed by atoms with Crippen molar-refractivity contribution in [1.82, 2.24) is 9.55 Å². The fourth-order valence-corrected chi connectivity index (χ4v) is 5.68. The standard InChI is InChI=1S/C26H43FI2N2O4/c1-2-3-7-13-21(28)15-12-16-22(29)14-8-5-4-6-9-17-24(32)35-19-11-10-18-31-20-23(27)25(33)30-26(31)34/h20-22H,2-19H2,1H3,(H,30,33,34). The molecule has 202 valence electrons. The van der Waals surface area contributed by atoms with Crippen LogP contribution in [0.3, 0.4) is 0 Å². The Bertz CT molecular complexity index is 815. The number of ether oxygens (including phenoxy) is 1. The van der Waals surface area contributed by atoms with Crippen LogP contribution in [0.5, 0.6) is 0 Å². The molecular weight excluding hydrogens is 677 g/mol. The molecule has 1 aromatic heterocycles. The van der Waals surface area contributed by atoms with Crippen molar-refractivity contribution in [2.45, 2.75) is 124 Å². The highest BCUT2D eigenvalue weighted by Crippen LogP contribution is 2.23. The lowest BCUT2D eigenvalue weighted by Gasteiger charge is -2.12. The first-order valence-electron chi connectivity index (χ1n) is 13.3. The first-order valence-corrected chi connectivity index (χ1v) is 15.8. The van der Waals surface area contributed by atoms with Crippen LogP contribution in [0.1, 0.15) is 110 Å². The SMILES string of the molecule is CCCCCC(I)CCCC(I)CCCCCCCC(=O)OCCCCn1cc(F)c(=O)[nH]c1=O. The minimum Gasteiger partial charge on any atom is -0.466 e. The van der Waals surface area contributed by atoms with Gasteiger partial charge in [-0.1, -0.05) is 103 Å². The molecule has 0 radical (unpaired) electrons. The lowest BCUT2D eigenvalue weighted by atomic mass is 10.0. The number of aryl methyl sites for hydroxylation is 1. The second kappa shape index (κ2) is 20.6. The molecular formula is C26H43FI2N2O4. The third-order valence-electron chi connectivity index (χ3n) is 6.08. The van der Waals surface area contributed by atoms with Gasteiger partial charge in [-0.05, 0) is 44.9 Å². The number of carbonyl (C=O) groups is 1. The summed E-state index contributed by atoms with van der Waals surface area (Å²) in [5.41, 5.74) is -1.65. The highest BCUT2D eigenvalue weighted by atomic mass is 127. The molecule has 0 bridgehead atoms. The van der Waals surface area contributed by atoms with Crippen molar-refractivity contribution in [1.29, 1.82) is 0 Å². The number of aromatic nitrogens is 2. The van der Waals surface area contributed by atoms with E-state index in [1.54, 1.807) is 0 Å². The molecule has 0 aliphatic rings.